The van der Waals surface area contributed by atoms with Crippen molar-refractivity contribution in [3.8, 4) is 16.9 Å². The van der Waals surface area contributed by atoms with Crippen molar-refractivity contribution in [1.82, 2.24) is 4.90 Å². The van der Waals surface area contributed by atoms with E-state index < -0.39 is 11.6 Å². The molecule has 3 fully saturated rings. The zero-order chi connectivity index (χ0) is 21.7. The molecule has 31 heavy (non-hydrogen) atoms. The third-order valence-electron chi connectivity index (χ3n) is 6.39. The first-order valence-electron chi connectivity index (χ1n) is 10.4. The number of halogens is 2. The first kappa shape index (κ1) is 21.1. The van der Waals surface area contributed by atoms with Crippen LogP contribution in [-0.2, 0) is 4.79 Å². The van der Waals surface area contributed by atoms with E-state index in [9.17, 15) is 13.6 Å². The largest absolute Gasteiger partial charge is 0.493 e. The van der Waals surface area contributed by atoms with E-state index in [1.165, 1.54) is 48.4 Å². The normalized spacial score (nSPS) is 26.5. The molecular formula is C23H21F2NO2S3. The lowest BCUT2D eigenvalue weighted by Crippen LogP contribution is -2.41. The van der Waals surface area contributed by atoms with E-state index in [0.717, 1.165) is 23.3 Å². The number of hydrogen-bond acceptors (Lipinski definition) is 5. The van der Waals surface area contributed by atoms with Crippen LogP contribution < -0.4 is 4.74 Å². The quantitative estimate of drug-likeness (QED) is 0.364. The van der Waals surface area contributed by atoms with Crippen LogP contribution in [-0.4, -0.2) is 27.8 Å². The molecule has 1 amide bonds. The van der Waals surface area contributed by atoms with Gasteiger partial charge in [0.25, 0.3) is 5.91 Å². The van der Waals surface area contributed by atoms with Crippen LogP contribution in [0.2, 0.25) is 0 Å². The third-order valence-corrected chi connectivity index (χ3v) is 8.60. The molecule has 5 rings (SSSR count). The molecule has 3 atom stereocenters. The molecule has 2 heterocycles. The van der Waals surface area contributed by atoms with E-state index in [4.69, 9.17) is 17.0 Å². The highest BCUT2D eigenvalue weighted by atomic mass is 32.2. The van der Waals surface area contributed by atoms with Crippen LogP contribution in [0.3, 0.4) is 0 Å². The Morgan fingerprint density at radius 3 is 2.84 bits per heavy atom. The second-order valence-corrected chi connectivity index (χ2v) is 10.8. The molecule has 0 spiro atoms. The standard InChI is InChI=1S/C23H21F2NO2S3/c1-2-28-18-6-5-16(24)21(25)20(18)14-9-15(30-11-14)10-19-22(27)26(23(29)31-19)17-8-12-3-4-13(17)7-12/h5-6,9-13,17H,2-4,7-8H2,1H3/b19-10-. The number of rotatable bonds is 5. The summed E-state index contributed by atoms with van der Waals surface area (Å²) >= 11 is 8.25. The van der Waals surface area contributed by atoms with Crippen molar-refractivity contribution in [2.75, 3.05) is 6.61 Å². The first-order chi connectivity index (χ1) is 15.0. The molecule has 162 valence electrons. The molecule has 1 aromatic heterocycles. The molecule has 2 aliphatic carbocycles. The Kier molecular flexibility index (Phi) is 5.65. The van der Waals surface area contributed by atoms with Gasteiger partial charge in [0.2, 0.25) is 0 Å². The fourth-order valence-electron chi connectivity index (χ4n) is 5.06. The van der Waals surface area contributed by atoms with Crippen molar-refractivity contribution in [2.45, 2.75) is 38.6 Å². The lowest BCUT2D eigenvalue weighted by molar-refractivity contribution is -0.124. The molecule has 1 aliphatic heterocycles. The number of carbonyl (C=O) groups is 1. The summed E-state index contributed by atoms with van der Waals surface area (Å²) in [6.45, 7) is 2.14. The minimum atomic E-state index is -0.932. The van der Waals surface area contributed by atoms with Gasteiger partial charge in [-0.3, -0.25) is 9.69 Å². The second kappa shape index (κ2) is 8.30. The van der Waals surface area contributed by atoms with Crippen molar-refractivity contribution in [3.05, 3.63) is 45.0 Å². The number of amides is 1. The molecule has 0 N–H and O–H groups in total. The highest BCUT2D eigenvalue weighted by molar-refractivity contribution is 8.26. The van der Waals surface area contributed by atoms with Crippen LogP contribution >= 0.6 is 35.3 Å². The minimum absolute atomic E-state index is 0.0329. The van der Waals surface area contributed by atoms with Gasteiger partial charge in [0.1, 0.15) is 10.1 Å². The maximum absolute atomic E-state index is 14.5. The maximum atomic E-state index is 14.5. The van der Waals surface area contributed by atoms with Crippen LogP contribution in [0.5, 0.6) is 5.75 Å². The number of ether oxygens (including phenoxy) is 1. The summed E-state index contributed by atoms with van der Waals surface area (Å²) in [6, 6.07) is 4.49. The number of carbonyl (C=O) groups excluding carboxylic acids is 1. The van der Waals surface area contributed by atoms with E-state index in [1.54, 1.807) is 24.4 Å². The Labute approximate surface area is 193 Å². The fourth-order valence-corrected chi connectivity index (χ4v) is 7.33. The van der Waals surface area contributed by atoms with Crippen LogP contribution in [0.1, 0.15) is 37.5 Å². The zero-order valence-corrected chi connectivity index (χ0v) is 19.3. The fraction of sp³-hybridized carbons (Fsp3) is 0.391. The summed E-state index contributed by atoms with van der Waals surface area (Å²) in [5, 5.41) is 1.75. The smallest absolute Gasteiger partial charge is 0.266 e. The average molecular weight is 478 g/mol. The van der Waals surface area contributed by atoms with Crippen molar-refractivity contribution >= 4 is 51.6 Å². The van der Waals surface area contributed by atoms with Gasteiger partial charge in [-0.1, -0.05) is 30.4 Å². The van der Waals surface area contributed by atoms with Crippen LogP contribution in [0.15, 0.2) is 28.5 Å². The Morgan fingerprint density at radius 1 is 1.29 bits per heavy atom. The van der Waals surface area contributed by atoms with Gasteiger partial charge in [-0.05, 0) is 73.2 Å². The van der Waals surface area contributed by atoms with Crippen LogP contribution in [0.25, 0.3) is 17.2 Å². The van der Waals surface area contributed by atoms with Crippen LogP contribution in [0, 0.1) is 23.5 Å². The van der Waals surface area contributed by atoms with Crippen molar-refractivity contribution in [2.24, 2.45) is 11.8 Å². The van der Waals surface area contributed by atoms with Gasteiger partial charge >= 0.3 is 0 Å². The van der Waals surface area contributed by atoms with Gasteiger partial charge in [0, 0.05) is 10.9 Å². The van der Waals surface area contributed by atoms with E-state index in [1.807, 2.05) is 4.90 Å². The molecule has 1 aromatic carbocycles. The van der Waals surface area contributed by atoms with E-state index in [0.29, 0.717) is 33.1 Å². The molecule has 2 aromatic rings. The Hall–Kier alpha value is -1.77. The lowest BCUT2D eigenvalue weighted by atomic mass is 9.94. The summed E-state index contributed by atoms with van der Waals surface area (Å²) < 4.78 is 34.5. The predicted octanol–water partition coefficient (Wildman–Crippen LogP) is 6.48. The molecule has 2 bridgehead atoms. The Morgan fingerprint density at radius 2 is 2.13 bits per heavy atom. The van der Waals surface area contributed by atoms with E-state index in [-0.39, 0.29) is 17.5 Å². The first-order valence-corrected chi connectivity index (χ1v) is 12.5. The monoisotopic (exact) mass is 477 g/mol. The highest BCUT2D eigenvalue weighted by Gasteiger charge is 2.47. The number of hydrogen-bond donors (Lipinski definition) is 0. The molecule has 2 saturated carbocycles. The minimum Gasteiger partial charge on any atom is -0.493 e. The lowest BCUT2D eigenvalue weighted by Gasteiger charge is -2.30. The molecule has 8 heteroatoms. The van der Waals surface area contributed by atoms with Crippen molar-refractivity contribution in [3.63, 3.8) is 0 Å². The molecular weight excluding hydrogens is 456 g/mol. The SMILES string of the molecule is CCOc1ccc(F)c(F)c1-c1csc(/C=C2\SC(=S)N(C3CC4CCC3C4)C2=O)c1. The average Bonchev–Trinajstić information content (AvgIpc) is 3.51. The number of benzene rings is 1. The molecule has 3 unspecified atom stereocenters. The second-order valence-electron chi connectivity index (χ2n) is 8.20. The number of nitrogens with zero attached hydrogens (tertiary/aromatic N) is 1. The van der Waals surface area contributed by atoms with Gasteiger partial charge in [0.05, 0.1) is 17.1 Å². The van der Waals surface area contributed by atoms with Gasteiger partial charge < -0.3 is 4.74 Å². The van der Waals surface area contributed by atoms with Crippen LogP contribution in [0.4, 0.5) is 8.78 Å². The number of thiocarbonyl (C=S) groups is 1. The topological polar surface area (TPSA) is 29.5 Å². The Bertz CT molecular complexity index is 1100. The summed E-state index contributed by atoms with van der Waals surface area (Å²) in [5.41, 5.74) is 0.632. The number of thioether (sulfide) groups is 1. The third kappa shape index (κ3) is 3.72. The summed E-state index contributed by atoms with van der Waals surface area (Å²) in [7, 11) is 0. The zero-order valence-electron chi connectivity index (χ0n) is 16.9. The summed E-state index contributed by atoms with van der Waals surface area (Å²) in [6.07, 6.45) is 6.51. The van der Waals surface area contributed by atoms with Gasteiger partial charge in [-0.2, -0.15) is 0 Å². The Balaban J connectivity index is 1.42. The number of fused-ring (bicyclic) bond motifs is 2. The summed E-state index contributed by atoms with van der Waals surface area (Å²) in [5.74, 6) is -0.295. The molecule has 3 nitrogen and oxygen atoms in total. The van der Waals surface area contributed by atoms with E-state index >= 15 is 0 Å². The highest BCUT2D eigenvalue weighted by Crippen LogP contribution is 2.49. The van der Waals surface area contributed by atoms with Gasteiger partial charge in [-0.15, -0.1) is 11.3 Å². The predicted molar refractivity (Wildman–Crippen MR) is 125 cm³/mol. The van der Waals surface area contributed by atoms with Crippen molar-refractivity contribution < 1.29 is 18.3 Å². The molecule has 1 saturated heterocycles. The summed E-state index contributed by atoms with van der Waals surface area (Å²) in [4.78, 5) is 16.3. The maximum Gasteiger partial charge on any atom is 0.266 e. The van der Waals surface area contributed by atoms with Gasteiger partial charge in [-0.25, -0.2) is 8.78 Å². The molecule has 0 radical (unpaired) electrons. The number of thiophene rings is 1. The van der Waals surface area contributed by atoms with Crippen molar-refractivity contribution in [1.29, 1.82) is 0 Å². The van der Waals surface area contributed by atoms with Gasteiger partial charge in [0.15, 0.2) is 11.6 Å². The van der Waals surface area contributed by atoms with E-state index in [2.05, 4.69) is 0 Å². The molecule has 3 aliphatic rings.